The summed E-state index contributed by atoms with van der Waals surface area (Å²) in [4.78, 5) is 0.875. The van der Waals surface area contributed by atoms with Crippen LogP contribution in [-0.4, -0.2) is 32.8 Å². The quantitative estimate of drug-likeness (QED) is 0.300. The van der Waals surface area contributed by atoms with Crippen LogP contribution in [0.5, 0.6) is 17.2 Å². The first-order chi connectivity index (χ1) is 16.0. The summed E-state index contributed by atoms with van der Waals surface area (Å²) in [5.74, 6) is 1.70. The maximum atomic E-state index is 10.9. The summed E-state index contributed by atoms with van der Waals surface area (Å²) >= 11 is 1.57. The van der Waals surface area contributed by atoms with E-state index in [1.807, 2.05) is 24.3 Å². The summed E-state index contributed by atoms with van der Waals surface area (Å²) in [5, 5.41) is 22.5. The number of aliphatic hydroxyl groups is 1. The van der Waals surface area contributed by atoms with Gasteiger partial charge in [0, 0.05) is 26.8 Å². The van der Waals surface area contributed by atoms with E-state index in [0.717, 1.165) is 32.5 Å². The maximum absolute atomic E-state index is 10.9. The van der Waals surface area contributed by atoms with E-state index in [9.17, 15) is 10.2 Å². The van der Waals surface area contributed by atoms with Gasteiger partial charge < -0.3 is 19.4 Å². The molecule has 0 aliphatic carbocycles. The number of rotatable bonds is 7. The molecule has 0 saturated heterocycles. The summed E-state index contributed by atoms with van der Waals surface area (Å²) in [6.07, 6.45) is 0.754. The van der Waals surface area contributed by atoms with Gasteiger partial charge in [0.15, 0.2) is 0 Å². The van der Waals surface area contributed by atoms with Crippen molar-refractivity contribution in [2.24, 2.45) is 0 Å². The Morgan fingerprint density at radius 3 is 2.03 bits per heavy atom. The number of phenols is 1. The van der Waals surface area contributed by atoms with Crippen molar-refractivity contribution in [1.82, 2.24) is 0 Å². The Morgan fingerprint density at radius 1 is 0.857 bits per heavy atom. The number of aliphatic hydroxyl groups excluding tert-OH is 1. The van der Waals surface area contributed by atoms with Gasteiger partial charge in [-0.15, -0.1) is 11.3 Å². The number of ether oxygens (including phenoxy) is 1. The highest BCUT2D eigenvalue weighted by Crippen LogP contribution is 2.45. The molecule has 7 heteroatoms. The molecular formula is C28H42O4SSi2. The molecule has 1 heterocycles. The number of phenolic OH excluding ortho intramolecular Hbond substituents is 1. The molecule has 0 unspecified atom stereocenters. The predicted molar refractivity (Wildman–Crippen MR) is 155 cm³/mol. The first-order valence-corrected chi connectivity index (χ1v) is 19.2. The molecule has 0 bridgehead atoms. The molecule has 2 aromatic carbocycles. The molecule has 0 amide bonds. The van der Waals surface area contributed by atoms with Gasteiger partial charge in [0.25, 0.3) is 0 Å². The van der Waals surface area contributed by atoms with E-state index in [4.69, 9.17) is 9.16 Å². The molecular weight excluding hydrogens is 489 g/mol. The van der Waals surface area contributed by atoms with Crippen LogP contribution in [0.3, 0.4) is 0 Å². The van der Waals surface area contributed by atoms with Gasteiger partial charge in [-0.25, -0.2) is 0 Å². The van der Waals surface area contributed by atoms with Gasteiger partial charge in [-0.1, -0.05) is 54.6 Å². The number of aromatic hydroxyl groups is 1. The van der Waals surface area contributed by atoms with E-state index in [1.54, 1.807) is 17.4 Å². The van der Waals surface area contributed by atoms with Gasteiger partial charge >= 0.3 is 0 Å². The first-order valence-electron chi connectivity index (χ1n) is 12.3. The lowest BCUT2D eigenvalue weighted by Gasteiger charge is -2.36. The van der Waals surface area contributed by atoms with Crippen molar-refractivity contribution in [3.63, 3.8) is 0 Å². The molecule has 3 rings (SSSR count). The van der Waals surface area contributed by atoms with Gasteiger partial charge in [0.2, 0.25) is 8.32 Å². The van der Waals surface area contributed by atoms with Gasteiger partial charge in [0.1, 0.15) is 17.2 Å². The van der Waals surface area contributed by atoms with Crippen LogP contribution in [0.15, 0.2) is 36.4 Å². The average Bonchev–Trinajstić information content (AvgIpc) is 3.07. The summed E-state index contributed by atoms with van der Waals surface area (Å²) < 4.78 is 13.7. The summed E-state index contributed by atoms with van der Waals surface area (Å²) in [5.41, 5.74) is 1.54. The summed E-state index contributed by atoms with van der Waals surface area (Å²) in [6, 6.07) is 11.6. The highest BCUT2D eigenvalue weighted by atomic mass is 32.1. The molecule has 35 heavy (non-hydrogen) atoms. The lowest BCUT2D eigenvalue weighted by Crippen LogP contribution is -2.43. The average molecular weight is 531 g/mol. The lowest BCUT2D eigenvalue weighted by atomic mass is 10.1. The van der Waals surface area contributed by atoms with E-state index in [0.29, 0.717) is 11.3 Å². The summed E-state index contributed by atoms with van der Waals surface area (Å²) in [6.45, 7) is 22.5. The number of thiophene rings is 1. The highest BCUT2D eigenvalue weighted by molar-refractivity contribution is 7.22. The standard InChI is InChI=1S/C28H42O4SSi2/c1-27(2,3)34(7,8)18-31-19-11-13-21-23(17-29)26(33-25(21)16-19)22-14-12-20(15-24(22)30)32-35(9,10)28(4,5)6/h11-16,29-30H,17-18H2,1-10H3. The number of hydrogen-bond donors (Lipinski definition) is 2. The molecule has 0 radical (unpaired) electrons. The Kier molecular flexibility index (Phi) is 7.60. The van der Waals surface area contributed by atoms with Gasteiger partial charge in [-0.2, -0.15) is 0 Å². The molecule has 0 aliphatic rings. The Labute approximate surface area is 217 Å². The van der Waals surface area contributed by atoms with Crippen LogP contribution in [0.25, 0.3) is 20.5 Å². The molecule has 192 valence electrons. The minimum atomic E-state index is -2.01. The molecule has 1 aromatic heterocycles. The molecule has 0 spiro atoms. The van der Waals surface area contributed by atoms with Crippen molar-refractivity contribution in [2.45, 2.75) is 84.4 Å². The predicted octanol–water partition coefficient (Wildman–Crippen LogP) is 8.58. The van der Waals surface area contributed by atoms with E-state index >= 15 is 0 Å². The number of hydrogen-bond acceptors (Lipinski definition) is 5. The summed E-state index contributed by atoms with van der Waals surface area (Å²) in [7, 11) is -3.57. The SMILES string of the molecule is CC(C)(C)[Si](C)(C)COc1ccc2c(CO)c(-c3ccc(O[Si](C)(C)C(C)(C)C)cc3O)sc2c1. The fourth-order valence-electron chi connectivity index (χ4n) is 3.29. The van der Waals surface area contributed by atoms with Gasteiger partial charge in [-0.05, 0) is 58.9 Å². The molecule has 2 N–H and O–H groups in total. The van der Waals surface area contributed by atoms with Crippen LogP contribution in [0.4, 0.5) is 0 Å². The smallest absolute Gasteiger partial charge is 0.250 e. The van der Waals surface area contributed by atoms with E-state index in [-0.39, 0.29) is 22.4 Å². The topological polar surface area (TPSA) is 58.9 Å². The fraction of sp³-hybridized carbons (Fsp3) is 0.500. The van der Waals surface area contributed by atoms with Crippen molar-refractivity contribution in [3.8, 4) is 27.7 Å². The lowest BCUT2D eigenvalue weighted by molar-refractivity contribution is 0.284. The van der Waals surface area contributed by atoms with E-state index in [1.165, 1.54) is 0 Å². The van der Waals surface area contributed by atoms with Gasteiger partial charge in [0.05, 0.1) is 20.9 Å². The minimum Gasteiger partial charge on any atom is -0.543 e. The van der Waals surface area contributed by atoms with Crippen LogP contribution in [0.2, 0.25) is 36.3 Å². The monoisotopic (exact) mass is 530 g/mol. The third-order valence-corrected chi connectivity index (χ3v) is 18.5. The normalized spacial score (nSPS) is 13.3. The molecule has 3 aromatic rings. The van der Waals surface area contributed by atoms with Crippen LogP contribution < -0.4 is 9.16 Å². The van der Waals surface area contributed by atoms with Crippen molar-refractivity contribution < 1.29 is 19.4 Å². The largest absolute Gasteiger partial charge is 0.543 e. The molecule has 0 aliphatic heterocycles. The Morgan fingerprint density at radius 2 is 1.49 bits per heavy atom. The van der Waals surface area contributed by atoms with Crippen molar-refractivity contribution in [3.05, 3.63) is 42.0 Å². The second-order valence-electron chi connectivity index (χ2n) is 12.7. The number of benzene rings is 2. The second kappa shape index (κ2) is 9.58. The Bertz CT molecular complexity index is 1200. The minimum absolute atomic E-state index is 0.0706. The molecule has 0 atom stereocenters. The van der Waals surface area contributed by atoms with Crippen LogP contribution >= 0.6 is 11.3 Å². The van der Waals surface area contributed by atoms with Crippen LogP contribution in [-0.2, 0) is 6.61 Å². The van der Waals surface area contributed by atoms with Crippen LogP contribution in [0, 0.1) is 0 Å². The maximum Gasteiger partial charge on any atom is 0.250 e. The number of fused-ring (bicyclic) bond motifs is 1. The first kappa shape index (κ1) is 27.8. The molecule has 4 nitrogen and oxygen atoms in total. The highest BCUT2D eigenvalue weighted by Gasteiger charge is 2.39. The van der Waals surface area contributed by atoms with Crippen molar-refractivity contribution in [1.29, 1.82) is 0 Å². The fourth-order valence-corrected chi connectivity index (χ4v) is 6.55. The van der Waals surface area contributed by atoms with Crippen molar-refractivity contribution in [2.75, 3.05) is 6.23 Å². The zero-order valence-corrected chi connectivity index (χ0v) is 25.8. The van der Waals surface area contributed by atoms with Crippen molar-refractivity contribution >= 4 is 37.8 Å². The molecule has 0 saturated carbocycles. The van der Waals surface area contributed by atoms with E-state index in [2.05, 4.69) is 73.8 Å². The van der Waals surface area contributed by atoms with Gasteiger partial charge in [-0.3, -0.25) is 0 Å². The third kappa shape index (κ3) is 5.79. The Hall–Kier alpha value is -1.81. The van der Waals surface area contributed by atoms with E-state index < -0.39 is 16.4 Å². The zero-order chi connectivity index (χ0) is 26.4. The zero-order valence-electron chi connectivity index (χ0n) is 23.0. The Balaban J connectivity index is 1.93. The van der Waals surface area contributed by atoms with Crippen LogP contribution in [0.1, 0.15) is 47.1 Å². The molecule has 0 fully saturated rings. The second-order valence-corrected chi connectivity index (χ2v) is 24.0. The third-order valence-electron chi connectivity index (χ3n) is 7.95.